The number of nitrogens with one attached hydrogen (secondary N) is 2. The van der Waals surface area contributed by atoms with E-state index in [0.717, 1.165) is 25.1 Å². The van der Waals surface area contributed by atoms with E-state index in [1.54, 1.807) is 12.3 Å². The van der Waals surface area contributed by atoms with Crippen LogP contribution in [0.25, 0.3) is 0 Å². The predicted molar refractivity (Wildman–Crippen MR) is 140 cm³/mol. The van der Waals surface area contributed by atoms with Crippen molar-refractivity contribution in [2.75, 3.05) is 0 Å². The Bertz CT molecular complexity index is 852. The third-order valence-corrected chi connectivity index (χ3v) is 8.99. The summed E-state index contributed by atoms with van der Waals surface area (Å²) in [4.78, 5) is 30.1. The maximum absolute atomic E-state index is 13.3. The number of amides is 2. The molecule has 1 saturated heterocycles. The van der Waals surface area contributed by atoms with Crippen molar-refractivity contribution in [2.24, 2.45) is 34.1 Å². The second kappa shape index (κ2) is 10.4. The van der Waals surface area contributed by atoms with E-state index >= 15 is 0 Å². The Kier molecular flexibility index (Phi) is 8.16. The minimum atomic E-state index is -0.662. The van der Waals surface area contributed by atoms with Crippen LogP contribution in [0.2, 0.25) is 6.32 Å². The molecule has 4 aliphatic rings. The molecule has 2 amide bonds. The van der Waals surface area contributed by atoms with E-state index in [4.69, 9.17) is 4.65 Å². The van der Waals surface area contributed by atoms with Crippen LogP contribution in [0.3, 0.4) is 0 Å². The van der Waals surface area contributed by atoms with Crippen LogP contribution in [-0.2, 0) is 14.2 Å². The number of rotatable bonds is 9. The van der Waals surface area contributed by atoms with Crippen LogP contribution in [0.5, 0.6) is 0 Å². The second-order valence-electron chi connectivity index (χ2n) is 11.6. The fourth-order valence-electron chi connectivity index (χ4n) is 6.71. The lowest BCUT2D eigenvalue weighted by Gasteiger charge is -2.69. The van der Waals surface area contributed by atoms with Crippen LogP contribution in [0, 0.1) is 29.1 Å². The maximum atomic E-state index is 13.3. The first-order valence-electron chi connectivity index (χ1n) is 13.1. The quantitative estimate of drug-likeness (QED) is 0.383. The van der Waals surface area contributed by atoms with Gasteiger partial charge in [-0.1, -0.05) is 53.7 Å². The molecule has 4 unspecified atom stereocenters. The van der Waals surface area contributed by atoms with Crippen molar-refractivity contribution in [3.8, 4) is 0 Å². The average Bonchev–Trinajstić information content (AvgIpc) is 2.79. The number of carbonyl (C=O) groups is 2. The molecular formula is C27H44BN3O3. The summed E-state index contributed by atoms with van der Waals surface area (Å²) in [6, 6.07) is -0.662. The highest BCUT2D eigenvalue weighted by molar-refractivity contribution is 6.54. The van der Waals surface area contributed by atoms with Gasteiger partial charge in [-0.15, -0.1) is 0 Å². The van der Waals surface area contributed by atoms with Gasteiger partial charge in [0.1, 0.15) is 11.8 Å². The lowest BCUT2D eigenvalue weighted by atomic mass is 9.38. The molecule has 188 valence electrons. The molecule has 3 saturated carbocycles. The van der Waals surface area contributed by atoms with Gasteiger partial charge in [-0.2, -0.15) is 0 Å². The SMILES string of the molecule is C=C/C(=N\C=C/C)C(=O)N[C@@H](C(=O)NC(CC)B1CCC2CC3CC(C3(C)C)[C@@]2(C)O1)C(C)C. The Morgan fingerprint density at radius 1 is 1.21 bits per heavy atom. The van der Waals surface area contributed by atoms with Crippen LogP contribution < -0.4 is 10.6 Å². The minimum Gasteiger partial charge on any atom is -0.428 e. The van der Waals surface area contributed by atoms with E-state index < -0.39 is 11.9 Å². The first-order valence-corrected chi connectivity index (χ1v) is 13.1. The zero-order valence-electron chi connectivity index (χ0n) is 22.2. The highest BCUT2D eigenvalue weighted by Crippen LogP contribution is 2.67. The van der Waals surface area contributed by atoms with Gasteiger partial charge < -0.3 is 15.3 Å². The Labute approximate surface area is 206 Å². The van der Waals surface area contributed by atoms with Gasteiger partial charge in [0.05, 0.1) is 5.60 Å². The minimum absolute atomic E-state index is 0.00773. The van der Waals surface area contributed by atoms with E-state index in [1.807, 2.05) is 20.8 Å². The summed E-state index contributed by atoms with van der Waals surface area (Å²) in [6.07, 6.45) is 10.1. The molecule has 34 heavy (non-hydrogen) atoms. The van der Waals surface area contributed by atoms with Crippen molar-refractivity contribution in [3.05, 3.63) is 24.9 Å². The Hall–Kier alpha value is -1.89. The van der Waals surface area contributed by atoms with E-state index in [9.17, 15) is 9.59 Å². The Morgan fingerprint density at radius 3 is 2.47 bits per heavy atom. The molecule has 6 atom stereocenters. The molecule has 0 aromatic rings. The van der Waals surface area contributed by atoms with Gasteiger partial charge in [0.25, 0.3) is 5.91 Å². The number of allylic oxidation sites excluding steroid dienone is 1. The van der Waals surface area contributed by atoms with E-state index in [-0.39, 0.29) is 36.0 Å². The molecule has 0 radical (unpaired) electrons. The van der Waals surface area contributed by atoms with Crippen molar-refractivity contribution < 1.29 is 14.2 Å². The van der Waals surface area contributed by atoms with Gasteiger partial charge in [0.15, 0.2) is 0 Å². The second-order valence-corrected chi connectivity index (χ2v) is 11.6. The molecule has 0 aromatic carbocycles. The maximum Gasteiger partial charge on any atom is 0.316 e. The normalized spacial score (nSPS) is 31.9. The van der Waals surface area contributed by atoms with Gasteiger partial charge in [-0.25, -0.2) is 0 Å². The summed E-state index contributed by atoms with van der Waals surface area (Å²) in [5.41, 5.74) is 0.409. The van der Waals surface area contributed by atoms with Crippen molar-refractivity contribution in [3.63, 3.8) is 0 Å². The summed E-state index contributed by atoms with van der Waals surface area (Å²) >= 11 is 0. The van der Waals surface area contributed by atoms with Gasteiger partial charge in [-0.3, -0.25) is 14.6 Å². The molecule has 4 rings (SSSR count). The highest BCUT2D eigenvalue weighted by atomic mass is 16.5. The van der Waals surface area contributed by atoms with Crippen molar-refractivity contribution in [1.29, 1.82) is 0 Å². The average molecular weight is 469 g/mol. The number of aliphatic imine (C=N–C) groups is 1. The van der Waals surface area contributed by atoms with Gasteiger partial charge in [-0.05, 0) is 74.6 Å². The van der Waals surface area contributed by atoms with Gasteiger partial charge >= 0.3 is 6.92 Å². The number of carbonyl (C=O) groups excluding carboxylic acids is 2. The standard InChI is InChI=1S/C27H44BN3O3/c1-9-14-29-20(10-2)24(32)31-23(17(4)5)25(33)30-22(11-3)28-13-12-18-15-19-16-21(26(19,6)7)27(18,8)34-28/h9-10,14,17-19,21-23H,2,11-13,15-16H2,1,3-8H3,(H,30,33)(H,31,32)/b14-9-,29-20+/t18?,19?,21?,22?,23-,27+/m1/s1. The first kappa shape index (κ1) is 26.7. The van der Waals surface area contributed by atoms with Crippen LogP contribution in [0.1, 0.15) is 74.1 Å². The largest absolute Gasteiger partial charge is 0.428 e. The van der Waals surface area contributed by atoms with Crippen LogP contribution in [0.4, 0.5) is 0 Å². The molecule has 0 spiro atoms. The van der Waals surface area contributed by atoms with Crippen LogP contribution in [0.15, 0.2) is 29.9 Å². The van der Waals surface area contributed by atoms with E-state index in [0.29, 0.717) is 17.3 Å². The Morgan fingerprint density at radius 2 is 1.91 bits per heavy atom. The summed E-state index contributed by atoms with van der Waals surface area (Å²) in [5, 5.41) is 6.08. The fourth-order valence-corrected chi connectivity index (χ4v) is 6.71. The zero-order chi connectivity index (χ0) is 25.3. The molecule has 2 bridgehead atoms. The number of hydrogen-bond donors (Lipinski definition) is 2. The predicted octanol–water partition coefficient (Wildman–Crippen LogP) is 4.57. The molecule has 6 nitrogen and oxygen atoms in total. The number of nitrogens with zero attached hydrogens (tertiary/aromatic N) is 1. The lowest BCUT2D eigenvalue weighted by Crippen LogP contribution is -2.69. The van der Waals surface area contributed by atoms with Crippen LogP contribution in [-0.4, -0.2) is 42.0 Å². The third-order valence-electron chi connectivity index (χ3n) is 8.99. The Balaban J connectivity index is 1.69. The summed E-state index contributed by atoms with van der Waals surface area (Å²) in [6.45, 7) is 18.6. The van der Waals surface area contributed by atoms with Crippen LogP contribution >= 0.6 is 0 Å². The third kappa shape index (κ3) is 4.91. The topological polar surface area (TPSA) is 79.8 Å². The van der Waals surface area contributed by atoms with E-state index in [2.05, 4.69) is 49.9 Å². The smallest absolute Gasteiger partial charge is 0.316 e. The molecule has 3 aliphatic carbocycles. The van der Waals surface area contributed by atoms with E-state index in [1.165, 1.54) is 18.9 Å². The summed E-state index contributed by atoms with van der Waals surface area (Å²) in [7, 11) is 0. The number of hydrogen-bond acceptors (Lipinski definition) is 4. The van der Waals surface area contributed by atoms with Crippen molar-refractivity contribution in [2.45, 2.75) is 98.1 Å². The monoisotopic (exact) mass is 469 g/mol. The van der Waals surface area contributed by atoms with Crippen molar-refractivity contribution in [1.82, 2.24) is 10.6 Å². The molecule has 1 heterocycles. The summed E-state index contributed by atoms with van der Waals surface area (Å²) < 4.78 is 6.90. The zero-order valence-corrected chi connectivity index (χ0v) is 22.2. The molecular weight excluding hydrogens is 425 g/mol. The fraction of sp³-hybridized carbons (Fsp3) is 0.741. The highest BCUT2D eigenvalue weighted by Gasteiger charge is 2.65. The summed E-state index contributed by atoms with van der Waals surface area (Å²) in [5.74, 6) is 1.29. The molecule has 7 heteroatoms. The molecule has 0 aromatic heterocycles. The molecule has 2 N–H and O–H groups in total. The molecule has 1 aliphatic heterocycles. The van der Waals surface area contributed by atoms with Crippen molar-refractivity contribution >= 4 is 24.4 Å². The first-order chi connectivity index (χ1) is 16.0. The molecule has 4 fully saturated rings. The van der Waals surface area contributed by atoms with Gasteiger partial charge in [0.2, 0.25) is 5.91 Å². The van der Waals surface area contributed by atoms with Gasteiger partial charge in [0, 0.05) is 12.1 Å². The lowest BCUT2D eigenvalue weighted by molar-refractivity contribution is -0.221.